The van der Waals surface area contributed by atoms with Crippen LogP contribution in [0.2, 0.25) is 0 Å². The van der Waals surface area contributed by atoms with Gasteiger partial charge in [0.1, 0.15) is 85.5 Å². The summed E-state index contributed by atoms with van der Waals surface area (Å²) < 4.78 is 47.7. The van der Waals surface area contributed by atoms with E-state index in [-0.39, 0.29) is 46.2 Å². The summed E-state index contributed by atoms with van der Waals surface area (Å²) in [6.07, 6.45) is -19.9. The van der Waals surface area contributed by atoms with Crippen molar-refractivity contribution in [3.63, 3.8) is 0 Å². The predicted octanol–water partition coefficient (Wildman–Crippen LogP) is 0.197. The highest BCUT2D eigenvalue weighted by Gasteiger charge is 2.70. The molecule has 0 bridgehead atoms. The van der Waals surface area contributed by atoms with Crippen molar-refractivity contribution in [3.05, 3.63) is 11.6 Å². The normalized spacial score (nSPS) is 54.1. The van der Waals surface area contributed by atoms with Gasteiger partial charge in [-0.2, -0.15) is 0 Å². The second-order valence-corrected chi connectivity index (χ2v) is 25.9. The van der Waals surface area contributed by atoms with Gasteiger partial charge in [0.25, 0.3) is 0 Å². The fourth-order valence-corrected chi connectivity index (χ4v) is 16.2. The molecule has 4 saturated carbocycles. The van der Waals surface area contributed by atoms with Crippen LogP contribution in [0.15, 0.2) is 11.6 Å². The van der Waals surface area contributed by atoms with E-state index in [0.29, 0.717) is 25.2 Å². The molecule has 9 aliphatic rings. The van der Waals surface area contributed by atoms with Crippen LogP contribution in [-0.4, -0.2) is 210 Å². The van der Waals surface area contributed by atoms with Crippen LogP contribution in [0.3, 0.4) is 0 Å². The van der Waals surface area contributed by atoms with Crippen molar-refractivity contribution >= 4 is 5.97 Å². The molecule has 21 heteroatoms. The molecule has 4 saturated heterocycles. The molecule has 0 radical (unpaired) electrons. The number of carbonyl (C=O) groups is 1. The molecule has 12 N–H and O–H groups in total. The summed E-state index contributed by atoms with van der Waals surface area (Å²) in [7, 11) is 0. The van der Waals surface area contributed by atoms with E-state index in [1.165, 1.54) is 12.5 Å². The van der Waals surface area contributed by atoms with Crippen LogP contribution in [0.4, 0.5) is 0 Å². The Balaban J connectivity index is 0.858. The van der Waals surface area contributed by atoms with Gasteiger partial charge in [0, 0.05) is 0 Å². The number of carboxylic acids is 1. The molecule has 27 atom stereocenters. The first-order valence-corrected chi connectivity index (χ1v) is 27.1. The minimum absolute atomic E-state index is 0.0164. The molecule has 0 aromatic heterocycles. The lowest BCUT2D eigenvalue weighted by atomic mass is 9.33. The maximum atomic E-state index is 13.2. The highest BCUT2D eigenvalue weighted by molar-refractivity contribution is 5.76. The molecule has 0 spiro atoms. The summed E-state index contributed by atoms with van der Waals surface area (Å²) in [6, 6.07) is 0. The number of hydrogen-bond acceptors (Lipinski definition) is 20. The molecule has 4 aliphatic heterocycles. The van der Waals surface area contributed by atoms with Gasteiger partial charge in [-0.3, -0.25) is 4.79 Å². The molecule has 5 aliphatic carbocycles. The largest absolute Gasteiger partial charge is 0.481 e. The van der Waals surface area contributed by atoms with Crippen LogP contribution >= 0.6 is 0 Å². The molecule has 0 aromatic rings. The van der Waals surface area contributed by atoms with E-state index in [0.717, 1.165) is 44.9 Å². The van der Waals surface area contributed by atoms with Crippen molar-refractivity contribution in [1.82, 2.24) is 0 Å². The maximum absolute atomic E-state index is 13.2. The lowest BCUT2D eigenvalue weighted by Gasteiger charge is -2.71. The first kappa shape index (κ1) is 57.1. The zero-order valence-electron chi connectivity index (χ0n) is 44.1. The van der Waals surface area contributed by atoms with E-state index in [1.54, 1.807) is 0 Å². The van der Waals surface area contributed by atoms with Crippen molar-refractivity contribution in [2.45, 2.75) is 242 Å². The summed E-state index contributed by atoms with van der Waals surface area (Å²) in [6.45, 7) is 16.2. The smallest absolute Gasteiger partial charge is 0.310 e. The highest BCUT2D eigenvalue weighted by Crippen LogP contribution is 2.76. The maximum Gasteiger partial charge on any atom is 0.310 e. The molecular formula is C53H86O21. The molecule has 424 valence electrons. The van der Waals surface area contributed by atoms with E-state index in [2.05, 4.69) is 54.5 Å². The molecule has 0 aromatic carbocycles. The van der Waals surface area contributed by atoms with E-state index in [9.17, 15) is 66.1 Å². The SMILES string of the molecule is C[C@@H]1O[C@@H](O[C@H]2[C@H](O[C@H]3CC[C@]4(C)[C@H]5CC=C6[C@@H]7CC(C)(C)CC[C@]7(C(=O)O)CC[C@@]6(C)[C@]5(C)CC[C@H]4C3(C)C)OC[C@H](O)[C@@H]2O)[C@H](O)[C@H](O)[C@H]1O[C@@H]1O[C@H](CO[C@@H]2O[C@H](CO)[C@@H](O)[C@H](O)[C@H]2O)[C@@H](O)[C@H](O)[C@H]1O. The number of fused-ring (bicyclic) bond motifs is 7. The Bertz CT molecular complexity index is 2040. The van der Waals surface area contributed by atoms with E-state index in [1.807, 2.05) is 0 Å². The topological polar surface area (TPSA) is 334 Å². The van der Waals surface area contributed by atoms with Crippen molar-refractivity contribution in [1.29, 1.82) is 0 Å². The number of aliphatic hydroxyl groups is 11. The van der Waals surface area contributed by atoms with Gasteiger partial charge in [-0.05, 0) is 116 Å². The van der Waals surface area contributed by atoms with Gasteiger partial charge in [-0.25, -0.2) is 0 Å². The number of hydrogen-bond donors (Lipinski definition) is 12. The molecule has 21 nitrogen and oxygen atoms in total. The number of ether oxygens (including phenoxy) is 8. The van der Waals surface area contributed by atoms with E-state index in [4.69, 9.17) is 37.9 Å². The van der Waals surface area contributed by atoms with Crippen LogP contribution in [0, 0.1) is 50.2 Å². The van der Waals surface area contributed by atoms with Crippen molar-refractivity contribution in [2.75, 3.05) is 19.8 Å². The van der Waals surface area contributed by atoms with Gasteiger partial charge in [0.15, 0.2) is 25.2 Å². The van der Waals surface area contributed by atoms with Crippen LogP contribution < -0.4 is 0 Å². The second kappa shape index (κ2) is 20.5. The number of aliphatic carboxylic acids is 1. The zero-order valence-corrected chi connectivity index (χ0v) is 44.1. The fourth-order valence-electron chi connectivity index (χ4n) is 16.2. The zero-order chi connectivity index (χ0) is 54.0. The average Bonchev–Trinajstić information content (AvgIpc) is 3.34. The first-order chi connectivity index (χ1) is 34.6. The average molecular weight is 1060 g/mol. The summed E-state index contributed by atoms with van der Waals surface area (Å²) in [4.78, 5) is 13.2. The quantitative estimate of drug-likeness (QED) is 0.0971. The highest BCUT2D eigenvalue weighted by atomic mass is 16.8. The number of allylic oxidation sites excluding steroid dienone is 2. The third-order valence-corrected chi connectivity index (χ3v) is 21.0. The minimum atomic E-state index is -1.90. The monoisotopic (exact) mass is 1060 g/mol. The predicted molar refractivity (Wildman–Crippen MR) is 256 cm³/mol. The number of aliphatic hydroxyl groups excluding tert-OH is 11. The summed E-state index contributed by atoms with van der Waals surface area (Å²) in [5.41, 5.74) is 0.0337. The van der Waals surface area contributed by atoms with Crippen LogP contribution in [0.5, 0.6) is 0 Å². The van der Waals surface area contributed by atoms with Gasteiger partial charge in [-0.15, -0.1) is 0 Å². The second-order valence-electron chi connectivity index (χ2n) is 25.9. The Hall–Kier alpha value is -1.55. The number of rotatable bonds is 11. The lowest BCUT2D eigenvalue weighted by Crippen LogP contribution is -2.66. The molecule has 4 heterocycles. The van der Waals surface area contributed by atoms with Gasteiger partial charge in [0.2, 0.25) is 0 Å². The van der Waals surface area contributed by atoms with Crippen LogP contribution in [-0.2, 0) is 42.7 Å². The minimum Gasteiger partial charge on any atom is -0.481 e. The van der Waals surface area contributed by atoms with Crippen LogP contribution in [0.25, 0.3) is 0 Å². The molecule has 74 heavy (non-hydrogen) atoms. The Morgan fingerprint density at radius 1 is 0.635 bits per heavy atom. The Morgan fingerprint density at radius 2 is 1.24 bits per heavy atom. The Labute approximate surface area is 433 Å². The fraction of sp³-hybridized carbons (Fsp3) is 0.943. The van der Waals surface area contributed by atoms with E-state index < -0.39 is 147 Å². The summed E-state index contributed by atoms with van der Waals surface area (Å²) in [5, 5.41) is 129. The number of carboxylic acid groups (broad SMARTS) is 1. The summed E-state index contributed by atoms with van der Waals surface area (Å²) >= 11 is 0. The van der Waals surface area contributed by atoms with E-state index >= 15 is 0 Å². The van der Waals surface area contributed by atoms with Gasteiger partial charge in [-0.1, -0.05) is 60.1 Å². The van der Waals surface area contributed by atoms with Crippen LogP contribution in [0.1, 0.15) is 120 Å². The molecule has 8 fully saturated rings. The Kier molecular flexibility index (Phi) is 15.8. The van der Waals surface area contributed by atoms with Gasteiger partial charge in [0.05, 0.1) is 37.4 Å². The van der Waals surface area contributed by atoms with Crippen molar-refractivity contribution in [2.24, 2.45) is 50.2 Å². The summed E-state index contributed by atoms with van der Waals surface area (Å²) in [5.74, 6) is -0.0720. The molecule has 0 amide bonds. The van der Waals surface area contributed by atoms with Crippen molar-refractivity contribution in [3.8, 4) is 0 Å². The first-order valence-electron chi connectivity index (χ1n) is 27.1. The van der Waals surface area contributed by atoms with Gasteiger partial charge < -0.3 is 99.2 Å². The van der Waals surface area contributed by atoms with Gasteiger partial charge >= 0.3 is 5.97 Å². The standard InChI is InChI=1S/C53H86O21/c1-23-41(73-45-39(63)36(60)34(58)28(71-45)22-68-43-38(62)35(59)33(57)27(20-54)70-43)37(61)40(64)44(69-23)74-42-32(56)26(55)21-67-46(42)72-31-12-13-50(6)29(49(31,4)5)11-14-52(8)30(50)10-9-24-25-19-48(2,3)15-17-53(25,47(65)66)18-16-51(24,52)7/h9,23,25-46,54-64H,10-22H2,1-8H3,(H,65,66)/t23-,25-,26-,27+,28+,29-,30+,31-,32-,33+,34+,35-,36-,37-,38+,39+,40+,41-,42+,43+,44-,45-,46-,50-,51+,52+,53-/m0/s1. The lowest BCUT2D eigenvalue weighted by molar-refractivity contribution is -0.382. The third-order valence-electron chi connectivity index (χ3n) is 21.0. The van der Waals surface area contributed by atoms with Crippen molar-refractivity contribution < 1.29 is 104 Å². The Morgan fingerprint density at radius 3 is 1.92 bits per heavy atom. The molecule has 9 rings (SSSR count). The molecule has 0 unspecified atom stereocenters. The third kappa shape index (κ3) is 9.27. The molecular weight excluding hydrogens is 973 g/mol.